The fourth-order valence-corrected chi connectivity index (χ4v) is 2.56. The van der Waals surface area contributed by atoms with Crippen molar-refractivity contribution in [2.75, 3.05) is 5.32 Å². The summed E-state index contributed by atoms with van der Waals surface area (Å²) in [5, 5.41) is 3.30. The SMILES string of the molecule is Cc1ccc(NC(=O)c2cccnc2Oc2ccccc2C(N)=O)cc1Cl. The highest BCUT2D eigenvalue weighted by molar-refractivity contribution is 6.31. The van der Waals surface area contributed by atoms with Gasteiger partial charge in [0.1, 0.15) is 11.3 Å². The highest BCUT2D eigenvalue weighted by atomic mass is 35.5. The Morgan fingerprint density at radius 2 is 1.81 bits per heavy atom. The van der Waals surface area contributed by atoms with Crippen molar-refractivity contribution in [2.45, 2.75) is 6.92 Å². The average Bonchev–Trinajstić information content (AvgIpc) is 2.65. The Kier molecular flexibility index (Phi) is 5.38. The van der Waals surface area contributed by atoms with Gasteiger partial charge in [0.2, 0.25) is 5.88 Å². The number of anilines is 1. The molecule has 2 amide bonds. The second kappa shape index (κ2) is 7.88. The molecule has 3 aromatic rings. The first kappa shape index (κ1) is 18.4. The molecule has 0 saturated carbocycles. The zero-order valence-electron chi connectivity index (χ0n) is 14.4. The van der Waals surface area contributed by atoms with Gasteiger partial charge in [-0.05, 0) is 48.9 Å². The number of amides is 2. The van der Waals surface area contributed by atoms with Gasteiger partial charge in [-0.25, -0.2) is 4.98 Å². The monoisotopic (exact) mass is 381 g/mol. The molecule has 0 aliphatic rings. The van der Waals surface area contributed by atoms with Gasteiger partial charge in [0, 0.05) is 16.9 Å². The second-order valence-corrected chi connectivity index (χ2v) is 6.14. The fraction of sp³-hybridized carbons (Fsp3) is 0.0500. The van der Waals surface area contributed by atoms with Gasteiger partial charge in [-0.3, -0.25) is 9.59 Å². The lowest BCUT2D eigenvalue weighted by atomic mass is 10.2. The van der Waals surface area contributed by atoms with Crippen LogP contribution in [0.5, 0.6) is 11.6 Å². The van der Waals surface area contributed by atoms with Crippen molar-refractivity contribution >= 4 is 29.1 Å². The van der Waals surface area contributed by atoms with Crippen molar-refractivity contribution in [3.63, 3.8) is 0 Å². The summed E-state index contributed by atoms with van der Waals surface area (Å²) in [6, 6.07) is 14.9. The molecule has 1 heterocycles. The first-order valence-electron chi connectivity index (χ1n) is 8.05. The Bertz CT molecular complexity index is 1020. The number of nitrogens with zero attached hydrogens (tertiary/aromatic N) is 1. The van der Waals surface area contributed by atoms with Gasteiger partial charge in [-0.2, -0.15) is 0 Å². The number of carbonyl (C=O) groups is 2. The number of pyridine rings is 1. The molecule has 27 heavy (non-hydrogen) atoms. The number of primary amides is 1. The number of aryl methyl sites for hydroxylation is 1. The lowest BCUT2D eigenvalue weighted by Gasteiger charge is -2.12. The van der Waals surface area contributed by atoms with Gasteiger partial charge in [0.15, 0.2) is 0 Å². The van der Waals surface area contributed by atoms with Crippen molar-refractivity contribution in [3.05, 3.63) is 82.5 Å². The molecule has 0 aliphatic carbocycles. The number of hydrogen-bond acceptors (Lipinski definition) is 4. The molecule has 0 fully saturated rings. The largest absolute Gasteiger partial charge is 0.437 e. The molecule has 0 radical (unpaired) electrons. The van der Waals surface area contributed by atoms with Crippen LogP contribution >= 0.6 is 11.6 Å². The quantitative estimate of drug-likeness (QED) is 0.692. The number of hydrogen-bond donors (Lipinski definition) is 2. The lowest BCUT2D eigenvalue weighted by Crippen LogP contribution is -2.15. The van der Waals surface area contributed by atoms with Crippen LogP contribution < -0.4 is 15.8 Å². The molecule has 0 spiro atoms. The fourth-order valence-electron chi connectivity index (χ4n) is 2.38. The molecular formula is C20H16ClN3O3. The van der Waals surface area contributed by atoms with Crippen molar-refractivity contribution in [1.82, 2.24) is 4.98 Å². The topological polar surface area (TPSA) is 94.3 Å². The minimum absolute atomic E-state index is 0.0573. The first-order chi connectivity index (χ1) is 13.0. The predicted molar refractivity (Wildman–Crippen MR) is 103 cm³/mol. The number of benzene rings is 2. The van der Waals surface area contributed by atoms with Crippen LogP contribution in [0, 0.1) is 6.92 Å². The number of ether oxygens (including phenoxy) is 1. The van der Waals surface area contributed by atoms with E-state index in [-0.39, 0.29) is 22.8 Å². The molecule has 0 bridgehead atoms. The minimum Gasteiger partial charge on any atom is -0.437 e. The standard InChI is InChI=1S/C20H16ClN3O3/c1-12-8-9-13(11-16(12)21)24-19(26)15-6-4-10-23-20(15)27-17-7-3-2-5-14(17)18(22)25/h2-11H,1H3,(H2,22,25)(H,24,26). The summed E-state index contributed by atoms with van der Waals surface area (Å²) in [5.41, 5.74) is 7.21. The smallest absolute Gasteiger partial charge is 0.261 e. The van der Waals surface area contributed by atoms with Crippen molar-refractivity contribution in [1.29, 1.82) is 0 Å². The van der Waals surface area contributed by atoms with E-state index in [2.05, 4.69) is 10.3 Å². The van der Waals surface area contributed by atoms with E-state index in [1.54, 1.807) is 42.5 Å². The Morgan fingerprint density at radius 3 is 2.56 bits per heavy atom. The number of nitrogens with one attached hydrogen (secondary N) is 1. The molecular weight excluding hydrogens is 366 g/mol. The van der Waals surface area contributed by atoms with Gasteiger partial charge >= 0.3 is 0 Å². The van der Waals surface area contributed by atoms with Gasteiger partial charge in [0.25, 0.3) is 11.8 Å². The Balaban J connectivity index is 1.89. The number of nitrogens with two attached hydrogens (primary N) is 1. The summed E-state index contributed by atoms with van der Waals surface area (Å²) in [6.07, 6.45) is 1.49. The highest BCUT2D eigenvalue weighted by Crippen LogP contribution is 2.27. The van der Waals surface area contributed by atoms with Crippen LogP contribution in [-0.2, 0) is 0 Å². The molecule has 0 saturated heterocycles. The average molecular weight is 382 g/mol. The summed E-state index contributed by atoms with van der Waals surface area (Å²) in [7, 11) is 0. The normalized spacial score (nSPS) is 10.3. The Morgan fingerprint density at radius 1 is 1.07 bits per heavy atom. The molecule has 1 aromatic heterocycles. The minimum atomic E-state index is -0.637. The number of carbonyl (C=O) groups excluding carboxylic acids is 2. The zero-order chi connectivity index (χ0) is 19.4. The third-order valence-electron chi connectivity index (χ3n) is 3.80. The number of halogens is 1. The molecule has 136 valence electrons. The van der Waals surface area contributed by atoms with Gasteiger partial charge in [-0.15, -0.1) is 0 Å². The maximum absolute atomic E-state index is 12.7. The Labute approximate surface area is 160 Å². The van der Waals surface area contributed by atoms with E-state index >= 15 is 0 Å². The van der Waals surface area contributed by atoms with E-state index in [4.69, 9.17) is 22.1 Å². The summed E-state index contributed by atoms with van der Waals surface area (Å²) in [4.78, 5) is 28.3. The van der Waals surface area contributed by atoms with Crippen LogP contribution in [0.2, 0.25) is 5.02 Å². The predicted octanol–water partition coefficient (Wildman–Crippen LogP) is 4.19. The third-order valence-corrected chi connectivity index (χ3v) is 4.21. The molecule has 2 aromatic carbocycles. The van der Waals surface area contributed by atoms with E-state index in [0.717, 1.165) is 5.56 Å². The lowest BCUT2D eigenvalue weighted by molar-refractivity contribution is 0.0997. The van der Waals surface area contributed by atoms with Gasteiger partial charge in [0.05, 0.1) is 5.56 Å². The molecule has 0 atom stereocenters. The van der Waals surface area contributed by atoms with Crippen molar-refractivity contribution in [3.8, 4) is 11.6 Å². The summed E-state index contributed by atoms with van der Waals surface area (Å²) < 4.78 is 5.70. The van der Waals surface area contributed by atoms with E-state index in [0.29, 0.717) is 10.7 Å². The van der Waals surface area contributed by atoms with E-state index < -0.39 is 11.8 Å². The van der Waals surface area contributed by atoms with Gasteiger partial charge < -0.3 is 15.8 Å². The Hall–Kier alpha value is -3.38. The molecule has 7 heteroatoms. The highest BCUT2D eigenvalue weighted by Gasteiger charge is 2.17. The van der Waals surface area contributed by atoms with Crippen LogP contribution in [0.3, 0.4) is 0 Å². The van der Waals surface area contributed by atoms with Crippen LogP contribution in [0.1, 0.15) is 26.3 Å². The second-order valence-electron chi connectivity index (χ2n) is 5.74. The molecule has 0 aliphatic heterocycles. The van der Waals surface area contributed by atoms with Crippen LogP contribution in [0.25, 0.3) is 0 Å². The van der Waals surface area contributed by atoms with Crippen molar-refractivity contribution < 1.29 is 14.3 Å². The third kappa shape index (κ3) is 4.24. The zero-order valence-corrected chi connectivity index (χ0v) is 15.2. The number of para-hydroxylation sites is 1. The maximum Gasteiger partial charge on any atom is 0.261 e. The molecule has 3 N–H and O–H groups in total. The van der Waals surface area contributed by atoms with E-state index in [1.807, 2.05) is 13.0 Å². The van der Waals surface area contributed by atoms with Crippen molar-refractivity contribution in [2.24, 2.45) is 5.73 Å². The van der Waals surface area contributed by atoms with Crippen LogP contribution in [0.4, 0.5) is 5.69 Å². The number of rotatable bonds is 5. The summed E-state index contributed by atoms with van der Waals surface area (Å²) in [5.74, 6) is -0.783. The van der Waals surface area contributed by atoms with E-state index in [9.17, 15) is 9.59 Å². The number of aromatic nitrogens is 1. The summed E-state index contributed by atoms with van der Waals surface area (Å²) >= 11 is 6.10. The van der Waals surface area contributed by atoms with E-state index in [1.165, 1.54) is 12.3 Å². The molecule has 3 rings (SSSR count). The maximum atomic E-state index is 12.7. The van der Waals surface area contributed by atoms with Crippen LogP contribution in [0.15, 0.2) is 60.8 Å². The first-order valence-corrected chi connectivity index (χ1v) is 8.42. The molecule has 6 nitrogen and oxygen atoms in total. The summed E-state index contributed by atoms with van der Waals surface area (Å²) in [6.45, 7) is 1.87. The van der Waals surface area contributed by atoms with Gasteiger partial charge in [-0.1, -0.05) is 29.8 Å². The van der Waals surface area contributed by atoms with Crippen LogP contribution in [-0.4, -0.2) is 16.8 Å². The molecule has 0 unspecified atom stereocenters.